The maximum Gasteiger partial charge on any atom is 0.341 e. The molecule has 0 heterocycles. The lowest BCUT2D eigenvalue weighted by Gasteiger charge is -2.22. The van der Waals surface area contributed by atoms with Crippen molar-refractivity contribution in [3.8, 4) is 5.75 Å². The highest BCUT2D eigenvalue weighted by Crippen LogP contribution is 2.49. The highest BCUT2D eigenvalue weighted by molar-refractivity contribution is 7.89. The van der Waals surface area contributed by atoms with Crippen LogP contribution in [0.25, 0.3) is 0 Å². The molecule has 0 spiro atoms. The molecule has 1 aromatic carbocycles. The zero-order valence-electron chi connectivity index (χ0n) is 12.1. The summed E-state index contributed by atoms with van der Waals surface area (Å²) in [5, 5.41) is 8.54. The van der Waals surface area contributed by atoms with E-state index < -0.39 is 22.6 Å². The lowest BCUT2D eigenvalue weighted by Crippen LogP contribution is -2.38. The first-order chi connectivity index (χ1) is 10.5. The smallest absolute Gasteiger partial charge is 0.341 e. The predicted octanol–water partition coefficient (Wildman–Crippen LogP) is 1.62. The van der Waals surface area contributed by atoms with Crippen LogP contribution in [0.1, 0.15) is 25.7 Å². The van der Waals surface area contributed by atoms with Crippen molar-refractivity contribution >= 4 is 16.0 Å². The summed E-state index contributed by atoms with van der Waals surface area (Å²) in [6.45, 7) is -0.449. The molecule has 0 saturated heterocycles. The van der Waals surface area contributed by atoms with Crippen molar-refractivity contribution in [2.75, 3.05) is 6.61 Å². The number of carbonyl (C=O) groups is 1. The second kappa shape index (κ2) is 5.89. The number of carboxylic acid groups (broad SMARTS) is 1. The van der Waals surface area contributed by atoms with Gasteiger partial charge in [-0.15, -0.1) is 0 Å². The number of sulfonamides is 1. The minimum atomic E-state index is -3.54. The Morgan fingerprint density at radius 3 is 2.68 bits per heavy atom. The SMILES string of the molecule is O=C(O)COc1ccc(S(=O)(=O)NC2CCC[C@@H]3C[C@H]23)cc1. The zero-order chi connectivity index (χ0) is 15.7. The van der Waals surface area contributed by atoms with Crippen LogP contribution >= 0.6 is 0 Å². The average molecular weight is 325 g/mol. The first-order valence-electron chi connectivity index (χ1n) is 7.43. The third-order valence-corrected chi connectivity index (χ3v) is 5.89. The summed E-state index contributed by atoms with van der Waals surface area (Å²) in [7, 11) is -3.54. The molecule has 0 aromatic heterocycles. The first kappa shape index (κ1) is 15.3. The zero-order valence-corrected chi connectivity index (χ0v) is 12.9. The molecule has 22 heavy (non-hydrogen) atoms. The molecule has 120 valence electrons. The molecule has 0 aliphatic heterocycles. The van der Waals surface area contributed by atoms with Gasteiger partial charge in [-0.05, 0) is 48.9 Å². The van der Waals surface area contributed by atoms with E-state index in [2.05, 4.69) is 4.72 Å². The summed E-state index contributed by atoms with van der Waals surface area (Å²) < 4.78 is 32.6. The topological polar surface area (TPSA) is 92.7 Å². The molecule has 2 fully saturated rings. The first-order valence-corrected chi connectivity index (χ1v) is 8.91. The molecule has 2 N–H and O–H groups in total. The second-order valence-corrected chi connectivity index (χ2v) is 7.69. The summed E-state index contributed by atoms with van der Waals surface area (Å²) in [4.78, 5) is 10.6. The number of benzene rings is 1. The molecule has 1 unspecified atom stereocenters. The standard InChI is InChI=1S/C15H19NO5S/c17-15(18)9-21-11-4-6-12(7-5-11)22(19,20)16-14-3-1-2-10-8-13(10)14/h4-7,10,13-14,16H,1-3,8-9H2,(H,17,18)/t10-,13+,14?/m1/s1. The van der Waals surface area contributed by atoms with Crippen LogP contribution in [0.2, 0.25) is 0 Å². The third-order valence-electron chi connectivity index (χ3n) is 4.39. The fourth-order valence-corrected chi connectivity index (χ4v) is 4.51. The fraction of sp³-hybridized carbons (Fsp3) is 0.533. The van der Waals surface area contributed by atoms with Crippen molar-refractivity contribution in [1.29, 1.82) is 0 Å². The molecule has 3 rings (SSSR count). The van der Waals surface area contributed by atoms with E-state index in [1.807, 2.05) is 0 Å². The molecule has 3 atom stereocenters. The van der Waals surface area contributed by atoms with E-state index in [0.717, 1.165) is 19.3 Å². The molecule has 7 heteroatoms. The van der Waals surface area contributed by atoms with Crippen LogP contribution in [-0.4, -0.2) is 32.1 Å². The Kier molecular flexibility index (Phi) is 4.10. The Balaban J connectivity index is 1.65. The normalized spacial score (nSPS) is 27.0. The molecule has 2 aliphatic rings. The Bertz CT molecular complexity index is 655. The maximum atomic E-state index is 12.4. The van der Waals surface area contributed by atoms with Gasteiger partial charge in [0.25, 0.3) is 0 Å². The van der Waals surface area contributed by atoms with Gasteiger partial charge in [-0.1, -0.05) is 12.8 Å². The van der Waals surface area contributed by atoms with Crippen molar-refractivity contribution in [1.82, 2.24) is 4.72 Å². The maximum absolute atomic E-state index is 12.4. The molecule has 0 bridgehead atoms. The summed E-state index contributed by atoms with van der Waals surface area (Å²) in [5.41, 5.74) is 0. The van der Waals surface area contributed by atoms with Crippen LogP contribution in [0.15, 0.2) is 29.2 Å². The Morgan fingerprint density at radius 1 is 1.27 bits per heavy atom. The average Bonchev–Trinajstić information content (AvgIpc) is 3.26. The molecular formula is C15H19NO5S. The molecule has 6 nitrogen and oxygen atoms in total. The van der Waals surface area contributed by atoms with Crippen molar-refractivity contribution in [2.24, 2.45) is 11.8 Å². The number of hydrogen-bond donors (Lipinski definition) is 2. The van der Waals surface area contributed by atoms with E-state index in [9.17, 15) is 13.2 Å². The van der Waals surface area contributed by atoms with Crippen LogP contribution in [0.5, 0.6) is 5.75 Å². The van der Waals surface area contributed by atoms with Crippen molar-refractivity contribution in [3.05, 3.63) is 24.3 Å². The third kappa shape index (κ3) is 3.41. The minimum Gasteiger partial charge on any atom is -0.482 e. The molecule has 0 radical (unpaired) electrons. The van der Waals surface area contributed by atoms with Gasteiger partial charge >= 0.3 is 5.97 Å². The largest absolute Gasteiger partial charge is 0.482 e. The van der Waals surface area contributed by atoms with E-state index in [1.54, 1.807) is 0 Å². The number of hydrogen-bond acceptors (Lipinski definition) is 4. The van der Waals surface area contributed by atoms with E-state index in [1.165, 1.54) is 30.7 Å². The highest BCUT2D eigenvalue weighted by Gasteiger charge is 2.46. The van der Waals surface area contributed by atoms with Crippen molar-refractivity contribution < 1.29 is 23.1 Å². The molecule has 2 aliphatic carbocycles. The molecular weight excluding hydrogens is 306 g/mol. The monoisotopic (exact) mass is 325 g/mol. The fourth-order valence-electron chi connectivity index (χ4n) is 3.18. The van der Waals surface area contributed by atoms with Gasteiger partial charge in [0.1, 0.15) is 5.75 Å². The number of aliphatic carboxylic acids is 1. The van der Waals surface area contributed by atoms with Gasteiger partial charge in [0.2, 0.25) is 10.0 Å². The van der Waals surface area contributed by atoms with Crippen LogP contribution in [-0.2, 0) is 14.8 Å². The number of rotatable bonds is 6. The van der Waals surface area contributed by atoms with Crippen molar-refractivity contribution in [3.63, 3.8) is 0 Å². The van der Waals surface area contributed by atoms with Crippen molar-refractivity contribution in [2.45, 2.75) is 36.6 Å². The van der Waals surface area contributed by atoms with E-state index in [4.69, 9.17) is 9.84 Å². The van der Waals surface area contributed by atoms with E-state index in [-0.39, 0.29) is 10.9 Å². The Morgan fingerprint density at radius 2 is 2.00 bits per heavy atom. The van der Waals surface area contributed by atoms with Gasteiger partial charge < -0.3 is 9.84 Å². The summed E-state index contributed by atoms with van der Waals surface area (Å²) >= 11 is 0. The number of nitrogens with one attached hydrogen (secondary N) is 1. The Hall–Kier alpha value is -1.60. The van der Waals surface area contributed by atoms with E-state index >= 15 is 0 Å². The van der Waals surface area contributed by atoms with Gasteiger partial charge in [0.15, 0.2) is 6.61 Å². The van der Waals surface area contributed by atoms with Gasteiger partial charge in [-0.3, -0.25) is 0 Å². The molecule has 2 saturated carbocycles. The summed E-state index contributed by atoms with van der Waals surface area (Å²) in [6, 6.07) is 5.86. The number of ether oxygens (including phenoxy) is 1. The number of fused-ring (bicyclic) bond motifs is 1. The molecule has 1 aromatic rings. The van der Waals surface area contributed by atoms with Gasteiger partial charge in [-0.2, -0.15) is 0 Å². The lowest BCUT2D eigenvalue weighted by molar-refractivity contribution is -0.139. The summed E-state index contributed by atoms with van der Waals surface area (Å²) in [6.07, 6.45) is 4.34. The lowest BCUT2D eigenvalue weighted by atomic mass is 9.96. The van der Waals surface area contributed by atoms with Gasteiger partial charge in [-0.25, -0.2) is 17.9 Å². The Labute approximate surface area is 129 Å². The quantitative estimate of drug-likeness (QED) is 0.829. The predicted molar refractivity (Wildman–Crippen MR) is 79.1 cm³/mol. The number of carboxylic acids is 1. The highest BCUT2D eigenvalue weighted by atomic mass is 32.2. The van der Waals surface area contributed by atoms with Crippen LogP contribution in [0.3, 0.4) is 0 Å². The summed E-state index contributed by atoms with van der Waals surface area (Å²) in [5.74, 6) is 0.464. The minimum absolute atomic E-state index is 0.0479. The van der Waals surface area contributed by atoms with E-state index in [0.29, 0.717) is 17.6 Å². The van der Waals surface area contributed by atoms with Crippen LogP contribution in [0.4, 0.5) is 0 Å². The van der Waals surface area contributed by atoms with Gasteiger partial charge in [0, 0.05) is 6.04 Å². The van der Waals surface area contributed by atoms with Gasteiger partial charge in [0.05, 0.1) is 4.90 Å². The molecule has 0 amide bonds. The second-order valence-electron chi connectivity index (χ2n) is 5.97. The van der Waals surface area contributed by atoms with Crippen LogP contribution < -0.4 is 9.46 Å². The van der Waals surface area contributed by atoms with Crippen LogP contribution in [0, 0.1) is 11.8 Å².